The number of amides is 2. The second-order valence-electron chi connectivity index (χ2n) is 13.7. The molecular weight excluding hydrogens is 538 g/mol. The molecule has 0 radical (unpaired) electrons. The van der Waals surface area contributed by atoms with Crippen molar-refractivity contribution in [3.8, 4) is 0 Å². The first-order valence-corrected chi connectivity index (χ1v) is 15.9. The van der Waals surface area contributed by atoms with Crippen molar-refractivity contribution in [2.24, 2.45) is 21.7 Å². The standard InChI is InChI=1S/C32H48ClN5O3/c1-5-32(4)13-10-24(11-14-32)38(29(41)31(2,3)21-39)25-12-17-36(18-25)28(40)27-20-37(30-34-15-16-35-30)19-26(27)22-6-8-23(33)9-7-22/h6-9,24-27,39H,5,10-21H2,1-4H3,(H,34,35)/t24?,25-,26+,27?,32?/m0/s1. The van der Waals surface area contributed by atoms with E-state index in [0.29, 0.717) is 30.1 Å². The largest absolute Gasteiger partial charge is 0.395 e. The molecule has 2 saturated heterocycles. The number of aliphatic imine (C=N–C) groups is 1. The Labute approximate surface area is 250 Å². The molecule has 1 aromatic rings. The fourth-order valence-electron chi connectivity index (χ4n) is 7.25. The predicted octanol–water partition coefficient (Wildman–Crippen LogP) is 4.12. The minimum Gasteiger partial charge on any atom is -0.395 e. The molecule has 1 aliphatic carbocycles. The van der Waals surface area contributed by atoms with Gasteiger partial charge in [0.05, 0.1) is 30.5 Å². The fraction of sp³-hybridized carbons (Fsp3) is 0.719. The first-order chi connectivity index (χ1) is 19.5. The van der Waals surface area contributed by atoms with Gasteiger partial charge in [0.1, 0.15) is 0 Å². The van der Waals surface area contributed by atoms with E-state index in [-0.39, 0.29) is 42.3 Å². The van der Waals surface area contributed by atoms with Crippen molar-refractivity contribution >= 4 is 29.4 Å². The van der Waals surface area contributed by atoms with Crippen LogP contribution in [0.1, 0.15) is 77.7 Å². The molecule has 0 spiro atoms. The van der Waals surface area contributed by atoms with E-state index in [4.69, 9.17) is 11.6 Å². The van der Waals surface area contributed by atoms with Crippen molar-refractivity contribution in [1.82, 2.24) is 20.0 Å². The van der Waals surface area contributed by atoms with Crippen LogP contribution >= 0.6 is 11.6 Å². The van der Waals surface area contributed by atoms with E-state index in [1.165, 1.54) is 0 Å². The summed E-state index contributed by atoms with van der Waals surface area (Å²) >= 11 is 6.19. The highest BCUT2D eigenvalue weighted by Crippen LogP contribution is 2.42. The van der Waals surface area contributed by atoms with Crippen LogP contribution in [0, 0.1) is 16.7 Å². The van der Waals surface area contributed by atoms with Crippen LogP contribution < -0.4 is 5.32 Å². The van der Waals surface area contributed by atoms with Crippen molar-refractivity contribution in [3.63, 3.8) is 0 Å². The lowest BCUT2D eigenvalue weighted by atomic mass is 9.71. The van der Waals surface area contributed by atoms with Gasteiger partial charge in [-0.3, -0.25) is 14.6 Å². The molecule has 3 atom stereocenters. The summed E-state index contributed by atoms with van der Waals surface area (Å²) in [5.74, 6) is 0.904. The van der Waals surface area contributed by atoms with Crippen molar-refractivity contribution in [3.05, 3.63) is 34.9 Å². The number of guanidine groups is 1. The van der Waals surface area contributed by atoms with Gasteiger partial charge < -0.3 is 25.1 Å². The number of carbonyl (C=O) groups is 2. The first-order valence-electron chi connectivity index (χ1n) is 15.6. The highest BCUT2D eigenvalue weighted by Gasteiger charge is 2.47. The monoisotopic (exact) mass is 585 g/mol. The molecule has 4 aliphatic rings. The Morgan fingerprint density at radius 2 is 1.83 bits per heavy atom. The van der Waals surface area contributed by atoms with E-state index in [0.717, 1.165) is 69.7 Å². The Bertz CT molecular complexity index is 1130. The molecule has 9 heteroatoms. The number of halogens is 1. The van der Waals surface area contributed by atoms with Gasteiger partial charge in [-0.15, -0.1) is 0 Å². The molecule has 2 N–H and O–H groups in total. The number of carbonyl (C=O) groups excluding carboxylic acids is 2. The van der Waals surface area contributed by atoms with Gasteiger partial charge in [-0.1, -0.05) is 44.0 Å². The second kappa shape index (κ2) is 12.1. The zero-order chi connectivity index (χ0) is 29.4. The topological polar surface area (TPSA) is 88.5 Å². The van der Waals surface area contributed by atoms with Crippen LogP contribution in [0.4, 0.5) is 0 Å². The van der Waals surface area contributed by atoms with Crippen molar-refractivity contribution in [1.29, 1.82) is 0 Å². The van der Waals surface area contributed by atoms with Gasteiger partial charge in [-0.2, -0.15) is 0 Å². The Hall–Kier alpha value is -2.32. The van der Waals surface area contributed by atoms with Gasteiger partial charge in [0, 0.05) is 49.7 Å². The highest BCUT2D eigenvalue weighted by atomic mass is 35.5. The Kier molecular flexibility index (Phi) is 8.91. The first kappa shape index (κ1) is 30.1. The highest BCUT2D eigenvalue weighted by molar-refractivity contribution is 6.30. The molecular formula is C32H48ClN5O3. The van der Waals surface area contributed by atoms with Crippen LogP contribution in [0.25, 0.3) is 0 Å². The molecule has 2 amide bonds. The van der Waals surface area contributed by atoms with Crippen molar-refractivity contribution in [2.45, 2.75) is 84.2 Å². The average Bonchev–Trinajstić information content (AvgIpc) is 3.76. The lowest BCUT2D eigenvalue weighted by Crippen LogP contribution is -2.55. The molecule has 226 valence electrons. The van der Waals surface area contributed by atoms with Crippen LogP contribution in [0.3, 0.4) is 0 Å². The summed E-state index contributed by atoms with van der Waals surface area (Å²) < 4.78 is 0. The lowest BCUT2D eigenvalue weighted by Gasteiger charge is -2.46. The Morgan fingerprint density at radius 3 is 2.44 bits per heavy atom. The summed E-state index contributed by atoms with van der Waals surface area (Å²) in [5.41, 5.74) is 0.606. The van der Waals surface area contributed by atoms with E-state index in [1.54, 1.807) is 0 Å². The van der Waals surface area contributed by atoms with Gasteiger partial charge in [-0.05, 0) is 69.1 Å². The van der Waals surface area contributed by atoms with E-state index >= 15 is 0 Å². The molecule has 1 saturated carbocycles. The normalized spacial score (nSPS) is 30.3. The smallest absolute Gasteiger partial charge is 0.231 e. The Balaban J connectivity index is 1.34. The minimum absolute atomic E-state index is 0.0146. The molecule has 41 heavy (non-hydrogen) atoms. The van der Waals surface area contributed by atoms with Crippen molar-refractivity contribution < 1.29 is 14.7 Å². The zero-order valence-electron chi connectivity index (χ0n) is 25.2. The number of hydrogen-bond donors (Lipinski definition) is 2. The summed E-state index contributed by atoms with van der Waals surface area (Å²) in [4.78, 5) is 39.1. The van der Waals surface area contributed by atoms with E-state index in [9.17, 15) is 14.7 Å². The molecule has 5 rings (SSSR count). The van der Waals surface area contributed by atoms with Gasteiger partial charge in [0.2, 0.25) is 11.8 Å². The second-order valence-corrected chi connectivity index (χ2v) is 14.1. The SMILES string of the molecule is CCC1(C)CCC(N(C(=O)C(C)(C)CO)[C@H]2CCN(C(=O)C3CN(C4=NCCN4)C[C@@H]3c3ccc(Cl)cc3)C2)CC1. The number of nitrogens with one attached hydrogen (secondary N) is 1. The number of hydrogen-bond acceptors (Lipinski definition) is 6. The number of rotatable bonds is 7. The van der Waals surface area contributed by atoms with E-state index in [1.807, 2.05) is 43.0 Å². The van der Waals surface area contributed by atoms with E-state index in [2.05, 4.69) is 34.0 Å². The lowest BCUT2D eigenvalue weighted by molar-refractivity contribution is -0.149. The summed E-state index contributed by atoms with van der Waals surface area (Å²) in [5, 5.41) is 14.2. The maximum absolute atomic E-state index is 14.2. The molecule has 3 aliphatic heterocycles. The van der Waals surface area contributed by atoms with Crippen LogP contribution in [0.2, 0.25) is 5.02 Å². The van der Waals surface area contributed by atoms with E-state index < -0.39 is 5.41 Å². The predicted molar refractivity (Wildman–Crippen MR) is 163 cm³/mol. The number of nitrogens with zero attached hydrogens (tertiary/aromatic N) is 4. The third-order valence-corrected chi connectivity index (χ3v) is 10.6. The summed E-state index contributed by atoms with van der Waals surface area (Å²) in [6, 6.07) is 8.01. The van der Waals surface area contributed by atoms with Crippen molar-refractivity contribution in [2.75, 3.05) is 45.9 Å². The summed E-state index contributed by atoms with van der Waals surface area (Å²) in [6.07, 6.45) is 6.09. The number of likely N-dealkylation sites (tertiary alicyclic amines) is 2. The maximum atomic E-state index is 14.2. The number of aliphatic hydroxyl groups excluding tert-OH is 1. The summed E-state index contributed by atoms with van der Waals surface area (Å²) in [7, 11) is 0. The maximum Gasteiger partial charge on any atom is 0.231 e. The molecule has 0 aromatic heterocycles. The molecule has 8 nitrogen and oxygen atoms in total. The third kappa shape index (κ3) is 6.24. The van der Waals surface area contributed by atoms with Crippen LogP contribution in [0.15, 0.2) is 29.3 Å². The third-order valence-electron chi connectivity index (χ3n) is 10.4. The molecule has 1 unspecified atom stereocenters. The Morgan fingerprint density at radius 1 is 1.12 bits per heavy atom. The molecule has 1 aromatic carbocycles. The summed E-state index contributed by atoms with van der Waals surface area (Å²) in [6.45, 7) is 12.2. The molecule has 3 heterocycles. The number of aliphatic hydroxyl groups is 1. The van der Waals surface area contributed by atoms with Gasteiger partial charge in [0.25, 0.3) is 0 Å². The number of benzene rings is 1. The van der Waals surface area contributed by atoms with Gasteiger partial charge in [-0.25, -0.2) is 0 Å². The van der Waals surface area contributed by atoms with Crippen LogP contribution in [-0.4, -0.2) is 95.5 Å². The van der Waals surface area contributed by atoms with Crippen LogP contribution in [0.5, 0.6) is 0 Å². The average molecular weight is 586 g/mol. The van der Waals surface area contributed by atoms with Crippen LogP contribution in [-0.2, 0) is 9.59 Å². The minimum atomic E-state index is -0.844. The zero-order valence-corrected chi connectivity index (χ0v) is 26.0. The molecule has 3 fully saturated rings. The fourth-order valence-corrected chi connectivity index (χ4v) is 7.38. The molecule has 0 bridgehead atoms. The van der Waals surface area contributed by atoms with Gasteiger partial charge in [0.15, 0.2) is 5.96 Å². The van der Waals surface area contributed by atoms with Gasteiger partial charge >= 0.3 is 0 Å². The quantitative estimate of drug-likeness (QED) is 0.503.